The molecule has 2 aromatic carbocycles. The summed E-state index contributed by atoms with van der Waals surface area (Å²) in [4.78, 5) is 26.0. The van der Waals surface area contributed by atoms with Gasteiger partial charge in [0.15, 0.2) is 5.69 Å². The molecule has 0 saturated heterocycles. The number of hydrogen-bond donors (Lipinski definition) is 0. The van der Waals surface area contributed by atoms with Gasteiger partial charge < -0.3 is 9.47 Å². The van der Waals surface area contributed by atoms with E-state index < -0.39 is 11.9 Å². The van der Waals surface area contributed by atoms with Crippen LogP contribution in [-0.2, 0) is 9.47 Å². The Kier molecular flexibility index (Phi) is 7.98. The standard InChI is InChI=1S/C25H28N2O4/c1-3-5-17-30-24(28)21-22(25(29)31-18-6-4-2)26-27(20-15-11-8-12-16-20)23(21)19-13-9-7-10-14-19/h7-16H,3-6,17-18H2,1-2H3. The first kappa shape index (κ1) is 22.3. The van der Waals surface area contributed by atoms with E-state index in [0.717, 1.165) is 36.9 Å². The van der Waals surface area contributed by atoms with Crippen LogP contribution in [0.5, 0.6) is 0 Å². The molecule has 31 heavy (non-hydrogen) atoms. The van der Waals surface area contributed by atoms with Crippen molar-refractivity contribution in [2.75, 3.05) is 13.2 Å². The van der Waals surface area contributed by atoms with Crippen molar-refractivity contribution in [3.63, 3.8) is 0 Å². The molecule has 0 amide bonds. The monoisotopic (exact) mass is 420 g/mol. The van der Waals surface area contributed by atoms with Crippen molar-refractivity contribution < 1.29 is 19.1 Å². The first-order chi connectivity index (χ1) is 15.2. The van der Waals surface area contributed by atoms with Crippen LogP contribution in [0.3, 0.4) is 0 Å². The summed E-state index contributed by atoms with van der Waals surface area (Å²) in [5, 5.41) is 4.53. The topological polar surface area (TPSA) is 70.4 Å². The minimum atomic E-state index is -0.622. The average Bonchev–Trinajstić information content (AvgIpc) is 3.21. The van der Waals surface area contributed by atoms with E-state index in [1.165, 1.54) is 0 Å². The molecule has 1 aromatic heterocycles. The molecule has 0 spiro atoms. The van der Waals surface area contributed by atoms with E-state index in [9.17, 15) is 9.59 Å². The Balaban J connectivity index is 2.16. The minimum Gasteiger partial charge on any atom is -0.462 e. The number of carbonyl (C=O) groups excluding carboxylic acids is 2. The summed E-state index contributed by atoms with van der Waals surface area (Å²) in [7, 11) is 0. The Morgan fingerprint density at radius 2 is 1.35 bits per heavy atom. The number of hydrogen-bond acceptors (Lipinski definition) is 5. The average molecular weight is 421 g/mol. The van der Waals surface area contributed by atoms with E-state index in [1.54, 1.807) is 4.68 Å². The zero-order valence-electron chi connectivity index (χ0n) is 18.0. The maximum atomic E-state index is 13.1. The number of benzene rings is 2. The first-order valence-corrected chi connectivity index (χ1v) is 10.8. The lowest BCUT2D eigenvalue weighted by molar-refractivity contribution is 0.0449. The predicted molar refractivity (Wildman–Crippen MR) is 119 cm³/mol. The summed E-state index contributed by atoms with van der Waals surface area (Å²) in [5.74, 6) is -1.19. The van der Waals surface area contributed by atoms with Crippen molar-refractivity contribution in [1.82, 2.24) is 9.78 Å². The molecule has 0 aliphatic rings. The van der Waals surface area contributed by atoms with Crippen LogP contribution in [0.2, 0.25) is 0 Å². The summed E-state index contributed by atoms with van der Waals surface area (Å²) >= 11 is 0. The van der Waals surface area contributed by atoms with E-state index >= 15 is 0 Å². The molecule has 1 heterocycles. The zero-order chi connectivity index (χ0) is 22.1. The third-order valence-electron chi connectivity index (χ3n) is 4.79. The van der Waals surface area contributed by atoms with Gasteiger partial charge in [-0.25, -0.2) is 14.3 Å². The van der Waals surface area contributed by atoms with E-state index in [2.05, 4.69) is 5.10 Å². The van der Waals surface area contributed by atoms with Crippen molar-refractivity contribution in [3.05, 3.63) is 71.9 Å². The van der Waals surface area contributed by atoms with Gasteiger partial charge in [-0.3, -0.25) is 0 Å². The Morgan fingerprint density at radius 1 is 0.806 bits per heavy atom. The number of rotatable bonds is 10. The molecule has 0 fully saturated rings. The highest BCUT2D eigenvalue weighted by atomic mass is 16.5. The third kappa shape index (κ3) is 5.40. The number of ether oxygens (including phenoxy) is 2. The second-order valence-electron chi connectivity index (χ2n) is 7.16. The highest BCUT2D eigenvalue weighted by Crippen LogP contribution is 2.30. The van der Waals surface area contributed by atoms with Crippen LogP contribution < -0.4 is 0 Å². The molecule has 0 saturated carbocycles. The molecule has 0 aliphatic carbocycles. The second kappa shape index (κ2) is 11.1. The fourth-order valence-electron chi connectivity index (χ4n) is 3.13. The van der Waals surface area contributed by atoms with Gasteiger partial charge in [-0.15, -0.1) is 0 Å². The van der Waals surface area contributed by atoms with Crippen molar-refractivity contribution >= 4 is 11.9 Å². The molecule has 0 N–H and O–H groups in total. The molecule has 162 valence electrons. The van der Waals surface area contributed by atoms with E-state index in [1.807, 2.05) is 74.5 Å². The minimum absolute atomic E-state index is 0.0275. The molecular weight excluding hydrogens is 392 g/mol. The number of unbranched alkanes of at least 4 members (excludes halogenated alkanes) is 2. The predicted octanol–water partition coefficient (Wildman–Crippen LogP) is 5.45. The maximum Gasteiger partial charge on any atom is 0.359 e. The van der Waals surface area contributed by atoms with Gasteiger partial charge in [0.25, 0.3) is 0 Å². The molecule has 3 aromatic rings. The highest BCUT2D eigenvalue weighted by molar-refractivity contribution is 6.06. The third-order valence-corrected chi connectivity index (χ3v) is 4.79. The Morgan fingerprint density at radius 3 is 1.94 bits per heavy atom. The fourth-order valence-corrected chi connectivity index (χ4v) is 3.13. The van der Waals surface area contributed by atoms with Gasteiger partial charge >= 0.3 is 11.9 Å². The molecule has 0 radical (unpaired) electrons. The number of para-hydroxylation sites is 1. The van der Waals surface area contributed by atoms with Crippen LogP contribution in [-0.4, -0.2) is 34.9 Å². The Bertz CT molecular complexity index is 997. The van der Waals surface area contributed by atoms with Crippen molar-refractivity contribution in [2.24, 2.45) is 0 Å². The lowest BCUT2D eigenvalue weighted by Gasteiger charge is -2.10. The molecule has 6 heteroatoms. The maximum absolute atomic E-state index is 13.1. The summed E-state index contributed by atoms with van der Waals surface area (Å²) in [6.07, 6.45) is 3.28. The smallest absolute Gasteiger partial charge is 0.359 e. The zero-order valence-corrected chi connectivity index (χ0v) is 18.0. The number of nitrogens with zero attached hydrogens (tertiary/aromatic N) is 2. The van der Waals surface area contributed by atoms with Gasteiger partial charge in [0, 0.05) is 5.56 Å². The van der Waals surface area contributed by atoms with Gasteiger partial charge in [-0.05, 0) is 25.0 Å². The molecule has 0 bridgehead atoms. The summed E-state index contributed by atoms with van der Waals surface area (Å²) in [6.45, 7) is 4.60. The highest BCUT2D eigenvalue weighted by Gasteiger charge is 2.31. The molecule has 0 unspecified atom stereocenters. The molecule has 6 nitrogen and oxygen atoms in total. The van der Waals surface area contributed by atoms with Gasteiger partial charge in [-0.2, -0.15) is 5.10 Å². The SMILES string of the molecule is CCCCOC(=O)c1nn(-c2ccccc2)c(-c2ccccc2)c1C(=O)OCCCC. The first-order valence-electron chi connectivity index (χ1n) is 10.8. The lowest BCUT2D eigenvalue weighted by atomic mass is 10.1. The number of aromatic nitrogens is 2. The van der Waals surface area contributed by atoms with Crippen LogP contribution in [0.1, 0.15) is 60.4 Å². The van der Waals surface area contributed by atoms with Crippen molar-refractivity contribution in [1.29, 1.82) is 0 Å². The summed E-state index contributed by atoms with van der Waals surface area (Å²) in [5.41, 5.74) is 2.11. The number of carbonyl (C=O) groups is 2. The van der Waals surface area contributed by atoms with Crippen LogP contribution in [0.25, 0.3) is 16.9 Å². The lowest BCUT2D eigenvalue weighted by Crippen LogP contribution is -2.15. The largest absolute Gasteiger partial charge is 0.462 e. The van der Waals surface area contributed by atoms with Crippen LogP contribution in [0.4, 0.5) is 0 Å². The van der Waals surface area contributed by atoms with E-state index in [-0.39, 0.29) is 24.5 Å². The number of esters is 2. The van der Waals surface area contributed by atoms with Crippen molar-refractivity contribution in [2.45, 2.75) is 39.5 Å². The molecular formula is C25H28N2O4. The van der Waals surface area contributed by atoms with Crippen LogP contribution in [0, 0.1) is 0 Å². The van der Waals surface area contributed by atoms with Crippen LogP contribution in [0.15, 0.2) is 60.7 Å². The van der Waals surface area contributed by atoms with Gasteiger partial charge in [0.1, 0.15) is 5.56 Å². The van der Waals surface area contributed by atoms with E-state index in [0.29, 0.717) is 5.69 Å². The second-order valence-corrected chi connectivity index (χ2v) is 7.16. The van der Waals surface area contributed by atoms with E-state index in [4.69, 9.17) is 9.47 Å². The Labute approximate surface area is 182 Å². The fraction of sp³-hybridized carbons (Fsp3) is 0.320. The van der Waals surface area contributed by atoms with Gasteiger partial charge in [-0.1, -0.05) is 75.2 Å². The van der Waals surface area contributed by atoms with Gasteiger partial charge in [0.2, 0.25) is 0 Å². The van der Waals surface area contributed by atoms with Crippen LogP contribution >= 0.6 is 0 Å². The Hall–Kier alpha value is -3.41. The molecule has 0 aliphatic heterocycles. The summed E-state index contributed by atoms with van der Waals surface area (Å²) < 4.78 is 12.5. The van der Waals surface area contributed by atoms with Gasteiger partial charge in [0.05, 0.1) is 24.6 Å². The summed E-state index contributed by atoms with van der Waals surface area (Å²) in [6, 6.07) is 18.8. The van der Waals surface area contributed by atoms with Crippen molar-refractivity contribution in [3.8, 4) is 16.9 Å². The molecule has 3 rings (SSSR count). The molecule has 0 atom stereocenters. The normalized spacial score (nSPS) is 10.6. The quantitative estimate of drug-likeness (QED) is 0.322.